The molecule has 0 aliphatic carbocycles. The summed E-state index contributed by atoms with van der Waals surface area (Å²) >= 11 is 0. The first-order valence-electron chi connectivity index (χ1n) is 10.2. The molecule has 0 atom stereocenters. The fourth-order valence-electron chi connectivity index (χ4n) is 3.70. The molecule has 3 rings (SSSR count). The Morgan fingerprint density at radius 3 is 2.31 bits per heavy atom. The number of hydrogen-bond acceptors (Lipinski definition) is 5. The van der Waals surface area contributed by atoms with Crippen LogP contribution in [0.5, 0.6) is 11.5 Å². The lowest BCUT2D eigenvalue weighted by Gasteiger charge is -2.36. The van der Waals surface area contributed by atoms with E-state index in [1.54, 1.807) is 14.2 Å². The van der Waals surface area contributed by atoms with Crippen molar-refractivity contribution in [2.75, 3.05) is 51.8 Å². The van der Waals surface area contributed by atoms with Crippen molar-refractivity contribution in [1.29, 1.82) is 0 Å². The highest BCUT2D eigenvalue weighted by Gasteiger charge is 2.19. The molecular formula is C23H31N3O3. The maximum absolute atomic E-state index is 12.2. The molecule has 0 unspecified atom stereocenters. The van der Waals surface area contributed by atoms with Crippen molar-refractivity contribution in [2.45, 2.75) is 19.4 Å². The van der Waals surface area contributed by atoms with E-state index in [0.717, 1.165) is 61.9 Å². The Hall–Kier alpha value is -2.73. The van der Waals surface area contributed by atoms with Crippen LogP contribution in [0.25, 0.3) is 0 Å². The molecule has 1 saturated heterocycles. The maximum atomic E-state index is 12.2. The summed E-state index contributed by atoms with van der Waals surface area (Å²) in [7, 11) is 3.36. The molecule has 6 nitrogen and oxygen atoms in total. The first-order chi connectivity index (χ1) is 14.2. The standard InChI is InChI=1S/C23H31N3O3/c1-28-21-10-5-3-8-19(21)18-24-23(27)12-7-13-25-14-16-26(17-15-25)20-9-4-6-11-22(20)29-2/h3-6,8-11H,7,12-18H2,1-2H3,(H,24,27). The number of anilines is 1. The molecule has 1 aliphatic rings. The van der Waals surface area contributed by atoms with Gasteiger partial charge in [-0.25, -0.2) is 0 Å². The van der Waals surface area contributed by atoms with Crippen molar-refractivity contribution in [3.63, 3.8) is 0 Å². The van der Waals surface area contributed by atoms with Crippen molar-refractivity contribution in [3.05, 3.63) is 54.1 Å². The van der Waals surface area contributed by atoms with Gasteiger partial charge in [-0.3, -0.25) is 9.69 Å². The van der Waals surface area contributed by atoms with E-state index in [4.69, 9.17) is 9.47 Å². The number of hydrogen-bond donors (Lipinski definition) is 1. The zero-order chi connectivity index (χ0) is 20.5. The minimum absolute atomic E-state index is 0.0866. The molecule has 2 aromatic rings. The van der Waals surface area contributed by atoms with Gasteiger partial charge in [-0.15, -0.1) is 0 Å². The predicted molar refractivity (Wildman–Crippen MR) is 116 cm³/mol. The van der Waals surface area contributed by atoms with Gasteiger partial charge in [0.2, 0.25) is 5.91 Å². The molecule has 156 valence electrons. The molecule has 2 aromatic carbocycles. The van der Waals surface area contributed by atoms with Gasteiger partial charge < -0.3 is 19.7 Å². The van der Waals surface area contributed by atoms with E-state index in [2.05, 4.69) is 21.2 Å². The number of para-hydroxylation sites is 3. The third kappa shape index (κ3) is 5.87. The Kier molecular flexibility index (Phi) is 7.76. The summed E-state index contributed by atoms with van der Waals surface area (Å²) in [5.74, 6) is 1.82. The van der Waals surface area contributed by atoms with Crippen molar-refractivity contribution in [2.24, 2.45) is 0 Å². The number of carbonyl (C=O) groups excluding carboxylic acids is 1. The van der Waals surface area contributed by atoms with Gasteiger partial charge in [0, 0.05) is 44.7 Å². The Labute approximate surface area is 173 Å². The van der Waals surface area contributed by atoms with Gasteiger partial charge in [-0.2, -0.15) is 0 Å². The predicted octanol–water partition coefficient (Wildman–Crippen LogP) is 2.92. The summed E-state index contributed by atoms with van der Waals surface area (Å²) in [5.41, 5.74) is 2.15. The van der Waals surface area contributed by atoms with Gasteiger partial charge >= 0.3 is 0 Å². The third-order valence-electron chi connectivity index (χ3n) is 5.34. The van der Waals surface area contributed by atoms with E-state index in [1.807, 2.05) is 42.5 Å². The van der Waals surface area contributed by atoms with Gasteiger partial charge in [0.15, 0.2) is 0 Å². The third-order valence-corrected chi connectivity index (χ3v) is 5.34. The second-order valence-electron chi connectivity index (χ2n) is 7.19. The molecule has 1 amide bonds. The Morgan fingerprint density at radius 2 is 1.59 bits per heavy atom. The zero-order valence-corrected chi connectivity index (χ0v) is 17.4. The van der Waals surface area contributed by atoms with Crippen LogP contribution in [0.4, 0.5) is 5.69 Å². The molecule has 0 aromatic heterocycles. The minimum atomic E-state index is 0.0866. The summed E-state index contributed by atoms with van der Waals surface area (Å²) in [4.78, 5) is 17.0. The van der Waals surface area contributed by atoms with E-state index in [0.29, 0.717) is 13.0 Å². The number of nitrogens with zero attached hydrogens (tertiary/aromatic N) is 2. The molecular weight excluding hydrogens is 366 g/mol. The van der Waals surface area contributed by atoms with Crippen molar-refractivity contribution < 1.29 is 14.3 Å². The Balaban J connectivity index is 1.36. The lowest BCUT2D eigenvalue weighted by molar-refractivity contribution is -0.121. The van der Waals surface area contributed by atoms with Crippen LogP contribution in [-0.2, 0) is 11.3 Å². The number of ether oxygens (including phenoxy) is 2. The molecule has 0 saturated carbocycles. The van der Waals surface area contributed by atoms with Crippen LogP contribution in [0.2, 0.25) is 0 Å². The first-order valence-corrected chi connectivity index (χ1v) is 10.2. The van der Waals surface area contributed by atoms with Gasteiger partial charge in [-0.1, -0.05) is 30.3 Å². The van der Waals surface area contributed by atoms with Crippen molar-refractivity contribution >= 4 is 11.6 Å². The highest BCUT2D eigenvalue weighted by atomic mass is 16.5. The molecule has 1 N–H and O–H groups in total. The topological polar surface area (TPSA) is 54.0 Å². The summed E-state index contributed by atoms with van der Waals surface area (Å²) < 4.78 is 10.8. The van der Waals surface area contributed by atoms with E-state index in [9.17, 15) is 4.79 Å². The van der Waals surface area contributed by atoms with Crippen LogP contribution in [0.3, 0.4) is 0 Å². The quantitative estimate of drug-likeness (QED) is 0.705. The van der Waals surface area contributed by atoms with E-state index >= 15 is 0 Å². The highest BCUT2D eigenvalue weighted by Crippen LogP contribution is 2.28. The van der Waals surface area contributed by atoms with Crippen LogP contribution in [-0.4, -0.2) is 57.8 Å². The molecule has 0 bridgehead atoms. The zero-order valence-electron chi connectivity index (χ0n) is 17.4. The number of amides is 1. The fraction of sp³-hybridized carbons (Fsp3) is 0.435. The molecule has 6 heteroatoms. The Morgan fingerprint density at radius 1 is 0.931 bits per heavy atom. The molecule has 1 fully saturated rings. The monoisotopic (exact) mass is 397 g/mol. The van der Waals surface area contributed by atoms with E-state index in [-0.39, 0.29) is 5.91 Å². The van der Waals surface area contributed by atoms with Crippen molar-refractivity contribution in [3.8, 4) is 11.5 Å². The van der Waals surface area contributed by atoms with Gasteiger partial charge in [0.1, 0.15) is 11.5 Å². The van der Waals surface area contributed by atoms with Crippen LogP contribution in [0.1, 0.15) is 18.4 Å². The highest BCUT2D eigenvalue weighted by molar-refractivity contribution is 5.75. The summed E-state index contributed by atoms with van der Waals surface area (Å²) in [6.07, 6.45) is 1.41. The number of carbonyl (C=O) groups is 1. The number of methoxy groups -OCH3 is 2. The number of benzene rings is 2. The normalized spacial score (nSPS) is 14.5. The SMILES string of the molecule is COc1ccccc1CNC(=O)CCCN1CCN(c2ccccc2OC)CC1. The van der Waals surface area contributed by atoms with Gasteiger partial charge in [0.05, 0.1) is 19.9 Å². The first kappa shape index (κ1) is 21.0. The maximum Gasteiger partial charge on any atom is 0.220 e. The van der Waals surface area contributed by atoms with Crippen molar-refractivity contribution in [1.82, 2.24) is 10.2 Å². The van der Waals surface area contributed by atoms with Gasteiger partial charge in [-0.05, 0) is 31.2 Å². The molecule has 1 aliphatic heterocycles. The molecule has 0 radical (unpaired) electrons. The van der Waals surface area contributed by atoms with E-state index < -0.39 is 0 Å². The van der Waals surface area contributed by atoms with Crippen LogP contribution >= 0.6 is 0 Å². The number of piperazine rings is 1. The molecule has 29 heavy (non-hydrogen) atoms. The molecule has 0 spiro atoms. The summed E-state index contributed by atoms with van der Waals surface area (Å²) in [6, 6.07) is 15.9. The Bertz CT molecular complexity index is 788. The minimum Gasteiger partial charge on any atom is -0.496 e. The van der Waals surface area contributed by atoms with Crippen LogP contribution < -0.4 is 19.7 Å². The van der Waals surface area contributed by atoms with Crippen LogP contribution in [0, 0.1) is 0 Å². The smallest absolute Gasteiger partial charge is 0.220 e. The summed E-state index contributed by atoms with van der Waals surface area (Å²) in [5, 5.41) is 2.99. The summed E-state index contributed by atoms with van der Waals surface area (Å²) in [6.45, 7) is 5.39. The van der Waals surface area contributed by atoms with E-state index in [1.165, 1.54) is 0 Å². The van der Waals surface area contributed by atoms with Crippen LogP contribution in [0.15, 0.2) is 48.5 Å². The fourth-order valence-corrected chi connectivity index (χ4v) is 3.70. The van der Waals surface area contributed by atoms with Gasteiger partial charge in [0.25, 0.3) is 0 Å². The number of rotatable bonds is 9. The number of nitrogens with one attached hydrogen (secondary N) is 1. The second-order valence-corrected chi connectivity index (χ2v) is 7.19. The lowest BCUT2D eigenvalue weighted by Crippen LogP contribution is -2.46. The lowest BCUT2D eigenvalue weighted by atomic mass is 10.2. The second kappa shape index (κ2) is 10.7. The largest absolute Gasteiger partial charge is 0.496 e. The average molecular weight is 398 g/mol. The molecule has 1 heterocycles. The average Bonchev–Trinajstić information content (AvgIpc) is 2.78.